The number of benzene rings is 2. The maximum absolute atomic E-state index is 15.6. The van der Waals surface area contributed by atoms with Gasteiger partial charge in [0.25, 0.3) is 0 Å². The van der Waals surface area contributed by atoms with E-state index in [9.17, 15) is 23.2 Å². The Morgan fingerprint density at radius 1 is 1.20 bits per heavy atom. The number of hydrogen-bond donors (Lipinski definition) is 1. The molecule has 184 valence electrons. The largest absolute Gasteiger partial charge is 0.485 e. The lowest BCUT2D eigenvalue weighted by atomic mass is 10.0. The number of hydrogen-bond acceptors (Lipinski definition) is 7. The van der Waals surface area contributed by atoms with Gasteiger partial charge in [0, 0.05) is 12.3 Å². The van der Waals surface area contributed by atoms with Gasteiger partial charge in [0.2, 0.25) is 11.5 Å². The maximum Gasteiger partial charge on any atom is 0.343 e. The van der Waals surface area contributed by atoms with Crippen LogP contribution in [0.3, 0.4) is 0 Å². The fourth-order valence-electron chi connectivity index (χ4n) is 3.52. The molecule has 1 heterocycles. The molecule has 0 amide bonds. The third-order valence-corrected chi connectivity index (χ3v) is 4.98. The molecule has 2 N–H and O–H groups in total. The molecule has 8 nitrogen and oxygen atoms in total. The van der Waals surface area contributed by atoms with Crippen LogP contribution in [0.4, 0.5) is 24.5 Å². The molecule has 3 aromatic rings. The van der Waals surface area contributed by atoms with Gasteiger partial charge in [0.1, 0.15) is 17.0 Å². The first-order valence-corrected chi connectivity index (χ1v) is 10.4. The number of aromatic nitrogens is 1. The second-order valence-electron chi connectivity index (χ2n) is 8.54. The minimum absolute atomic E-state index is 0.0509. The van der Waals surface area contributed by atoms with E-state index in [1.54, 1.807) is 20.8 Å². The van der Waals surface area contributed by atoms with Gasteiger partial charge in [-0.1, -0.05) is 0 Å². The van der Waals surface area contributed by atoms with Crippen molar-refractivity contribution in [2.75, 3.05) is 12.3 Å². The molecule has 0 aliphatic carbocycles. The number of isocyanates is 1. The smallest absolute Gasteiger partial charge is 0.343 e. The van der Waals surface area contributed by atoms with Gasteiger partial charge in [-0.15, -0.1) is 0 Å². The van der Waals surface area contributed by atoms with Gasteiger partial charge in [0.05, 0.1) is 28.9 Å². The Balaban J connectivity index is 2.57. The van der Waals surface area contributed by atoms with Crippen molar-refractivity contribution in [3.63, 3.8) is 0 Å². The molecule has 0 spiro atoms. The van der Waals surface area contributed by atoms with Gasteiger partial charge in [-0.2, -0.15) is 4.99 Å². The number of aliphatic imine (C=N–C) groups is 1. The van der Waals surface area contributed by atoms with Crippen LogP contribution in [-0.4, -0.2) is 28.8 Å². The lowest BCUT2D eigenvalue weighted by molar-refractivity contribution is 0.0524. The van der Waals surface area contributed by atoms with E-state index in [0.717, 1.165) is 29.0 Å². The van der Waals surface area contributed by atoms with Crippen LogP contribution in [0.5, 0.6) is 5.75 Å². The number of fused-ring (bicyclic) bond motifs is 1. The summed E-state index contributed by atoms with van der Waals surface area (Å²) < 4.78 is 56.5. The first-order valence-electron chi connectivity index (χ1n) is 10.4. The monoisotopic (exact) mass is 489 g/mol. The minimum Gasteiger partial charge on any atom is -0.485 e. The van der Waals surface area contributed by atoms with E-state index >= 15 is 4.39 Å². The standard InChI is InChI=1S/C24H22F3N3O5/c1-6-34-23(33)13-9-30(21-11(2)19(28)14(25)7-12(21)22(13)32)15-8-16(35-24(3,4)5)18(27)20(17(15)26)29-10-31/h7-9H,6,28H2,1-5H3. The summed E-state index contributed by atoms with van der Waals surface area (Å²) in [5.74, 6) is -5.03. The van der Waals surface area contributed by atoms with Crippen LogP contribution in [0.1, 0.15) is 43.6 Å². The van der Waals surface area contributed by atoms with Crippen LogP contribution in [0.25, 0.3) is 16.6 Å². The summed E-state index contributed by atoms with van der Waals surface area (Å²) in [5.41, 5.74) is 1.66. The number of pyridine rings is 1. The Labute approximate surface area is 197 Å². The number of nitrogens with two attached hydrogens (primary N) is 1. The van der Waals surface area contributed by atoms with Gasteiger partial charge in [-0.3, -0.25) is 4.79 Å². The number of aryl methyl sites for hydroxylation is 1. The first-order chi connectivity index (χ1) is 16.3. The SMILES string of the molecule is CCOC(=O)c1cn(-c2cc(OC(C)(C)C)c(F)c(N=C=O)c2F)c2c(C)c(N)c(F)cc2c1=O. The highest BCUT2D eigenvalue weighted by Crippen LogP contribution is 2.38. The van der Waals surface area contributed by atoms with Crippen LogP contribution < -0.4 is 15.9 Å². The van der Waals surface area contributed by atoms with Gasteiger partial charge in [-0.25, -0.2) is 22.8 Å². The van der Waals surface area contributed by atoms with Gasteiger partial charge in [-0.05, 0) is 46.2 Å². The number of halogens is 3. The molecule has 0 radical (unpaired) electrons. The van der Waals surface area contributed by atoms with Crippen molar-refractivity contribution in [3.8, 4) is 11.4 Å². The molecule has 0 aliphatic heterocycles. The Hall–Kier alpha value is -4.11. The summed E-state index contributed by atoms with van der Waals surface area (Å²) in [6.07, 6.45) is 2.06. The summed E-state index contributed by atoms with van der Waals surface area (Å²) >= 11 is 0. The van der Waals surface area contributed by atoms with Gasteiger partial charge >= 0.3 is 5.97 Å². The fourth-order valence-corrected chi connectivity index (χ4v) is 3.52. The summed E-state index contributed by atoms with van der Waals surface area (Å²) in [5, 5.41) is -0.304. The number of nitrogen functional groups attached to an aromatic ring is 1. The number of anilines is 1. The normalized spacial score (nSPS) is 11.3. The lowest BCUT2D eigenvalue weighted by Crippen LogP contribution is -2.24. The molecule has 0 fully saturated rings. The summed E-state index contributed by atoms with van der Waals surface area (Å²) in [4.78, 5) is 39.6. The van der Waals surface area contributed by atoms with E-state index in [1.165, 1.54) is 13.8 Å². The molecule has 0 unspecified atom stereocenters. The summed E-state index contributed by atoms with van der Waals surface area (Å²) in [7, 11) is 0. The molecule has 35 heavy (non-hydrogen) atoms. The number of rotatable bonds is 5. The fraction of sp³-hybridized carbons (Fsp3) is 0.292. The molecule has 0 atom stereocenters. The highest BCUT2D eigenvalue weighted by atomic mass is 19.1. The van der Waals surface area contributed by atoms with Crippen LogP contribution in [0.2, 0.25) is 0 Å². The predicted molar refractivity (Wildman–Crippen MR) is 123 cm³/mol. The van der Waals surface area contributed by atoms with Crippen molar-refractivity contribution >= 4 is 34.3 Å². The second-order valence-corrected chi connectivity index (χ2v) is 8.54. The number of esters is 1. The van der Waals surface area contributed by atoms with Crippen LogP contribution in [0.15, 0.2) is 28.1 Å². The number of carbonyl (C=O) groups is 1. The Kier molecular flexibility index (Phi) is 6.75. The molecular weight excluding hydrogens is 467 g/mol. The predicted octanol–water partition coefficient (Wildman–Crippen LogP) is 4.62. The van der Waals surface area contributed by atoms with Crippen molar-refractivity contribution in [1.82, 2.24) is 4.57 Å². The molecule has 0 aliphatic rings. The zero-order valence-corrected chi connectivity index (χ0v) is 19.6. The Morgan fingerprint density at radius 3 is 2.43 bits per heavy atom. The minimum atomic E-state index is -1.32. The molecule has 3 rings (SSSR count). The van der Waals surface area contributed by atoms with Crippen LogP contribution in [0, 0.1) is 24.4 Å². The summed E-state index contributed by atoms with van der Waals surface area (Å²) in [6, 6.07) is 1.79. The molecule has 1 aromatic heterocycles. The third-order valence-electron chi connectivity index (χ3n) is 4.98. The Morgan fingerprint density at radius 2 is 1.86 bits per heavy atom. The van der Waals surface area contributed by atoms with E-state index in [-0.39, 0.29) is 28.8 Å². The Bertz CT molecular complexity index is 1470. The van der Waals surface area contributed by atoms with Gasteiger partial charge in [0.15, 0.2) is 23.1 Å². The maximum atomic E-state index is 15.6. The van der Waals surface area contributed by atoms with Crippen molar-refractivity contribution in [3.05, 3.63) is 57.1 Å². The van der Waals surface area contributed by atoms with Crippen molar-refractivity contribution in [1.29, 1.82) is 0 Å². The average Bonchev–Trinajstić information content (AvgIpc) is 2.77. The lowest BCUT2D eigenvalue weighted by Gasteiger charge is -2.24. The molecule has 0 saturated carbocycles. The second kappa shape index (κ2) is 9.27. The van der Waals surface area contributed by atoms with Crippen LogP contribution in [-0.2, 0) is 9.53 Å². The summed E-state index contributed by atoms with van der Waals surface area (Å²) in [6.45, 7) is 7.66. The number of ether oxygens (including phenoxy) is 2. The zero-order valence-electron chi connectivity index (χ0n) is 19.6. The molecule has 2 aromatic carbocycles. The first kappa shape index (κ1) is 25.5. The van der Waals surface area contributed by atoms with Gasteiger partial charge < -0.3 is 19.8 Å². The molecule has 0 bridgehead atoms. The van der Waals surface area contributed by atoms with E-state index in [4.69, 9.17) is 15.2 Å². The average molecular weight is 489 g/mol. The molecule has 11 heteroatoms. The highest BCUT2D eigenvalue weighted by molar-refractivity contribution is 5.96. The highest BCUT2D eigenvalue weighted by Gasteiger charge is 2.27. The van der Waals surface area contributed by atoms with Crippen LogP contribution >= 0.6 is 0 Å². The van der Waals surface area contributed by atoms with Crippen molar-refractivity contribution in [2.45, 2.75) is 40.2 Å². The van der Waals surface area contributed by atoms with Crippen molar-refractivity contribution < 1.29 is 32.2 Å². The van der Waals surface area contributed by atoms with Crippen molar-refractivity contribution in [2.24, 2.45) is 4.99 Å². The molecular formula is C24H22F3N3O5. The van der Waals surface area contributed by atoms with E-state index in [2.05, 4.69) is 4.99 Å². The molecule has 0 saturated heterocycles. The topological polar surface area (TPSA) is 113 Å². The quantitative estimate of drug-likeness (QED) is 0.242. The third kappa shape index (κ3) is 4.63. The van der Waals surface area contributed by atoms with E-state index in [1.807, 2.05) is 0 Å². The van der Waals surface area contributed by atoms with E-state index in [0.29, 0.717) is 0 Å². The zero-order chi connectivity index (χ0) is 26.2. The number of carbonyl (C=O) groups excluding carboxylic acids is 2. The van der Waals surface area contributed by atoms with E-state index < -0.39 is 57.1 Å². The number of nitrogens with zero attached hydrogens (tertiary/aromatic N) is 2.